The average molecular weight is 371 g/mol. The number of hydrogen-bond donors (Lipinski definition) is 1. The molecule has 7 nitrogen and oxygen atoms in total. The highest BCUT2D eigenvalue weighted by atomic mass is 16.5. The summed E-state index contributed by atoms with van der Waals surface area (Å²) >= 11 is 0. The van der Waals surface area contributed by atoms with Crippen LogP contribution < -0.4 is 14.8 Å². The van der Waals surface area contributed by atoms with Gasteiger partial charge in [0.25, 0.3) is 5.91 Å². The largest absolute Gasteiger partial charge is 0.493 e. The topological polar surface area (TPSA) is 90.9 Å². The molecule has 0 unspecified atom stereocenters. The maximum absolute atomic E-state index is 12.1. The Morgan fingerprint density at radius 2 is 1.93 bits per heavy atom. The van der Waals surface area contributed by atoms with E-state index in [0.717, 1.165) is 6.42 Å². The predicted octanol–water partition coefficient (Wildman–Crippen LogP) is 3.09. The summed E-state index contributed by atoms with van der Waals surface area (Å²) in [5, 5.41) is 2.65. The molecule has 0 aliphatic heterocycles. The summed E-state index contributed by atoms with van der Waals surface area (Å²) in [5.74, 6) is -0.150. The van der Waals surface area contributed by atoms with Gasteiger partial charge in [0.15, 0.2) is 18.1 Å². The highest BCUT2D eigenvalue weighted by molar-refractivity contribution is 5.95. The van der Waals surface area contributed by atoms with Crippen LogP contribution in [0.5, 0.6) is 11.5 Å². The van der Waals surface area contributed by atoms with Crippen LogP contribution in [0.25, 0.3) is 0 Å². The number of amides is 1. The Kier molecular flexibility index (Phi) is 7.37. The van der Waals surface area contributed by atoms with Crippen molar-refractivity contribution in [2.24, 2.45) is 0 Å². The first-order chi connectivity index (χ1) is 13.1. The van der Waals surface area contributed by atoms with Gasteiger partial charge in [-0.2, -0.15) is 0 Å². The van der Waals surface area contributed by atoms with Crippen LogP contribution in [-0.2, 0) is 9.53 Å². The van der Waals surface area contributed by atoms with Crippen molar-refractivity contribution in [3.8, 4) is 11.5 Å². The molecule has 0 bridgehead atoms. The second-order valence-corrected chi connectivity index (χ2v) is 5.58. The van der Waals surface area contributed by atoms with Gasteiger partial charge in [0.2, 0.25) is 0 Å². The van der Waals surface area contributed by atoms with Crippen molar-refractivity contribution in [2.75, 3.05) is 25.6 Å². The fraction of sp³-hybridized carbons (Fsp3) is 0.250. The Hall–Kier alpha value is -3.35. The van der Waals surface area contributed by atoms with Gasteiger partial charge in [0.05, 0.1) is 19.3 Å². The zero-order valence-electron chi connectivity index (χ0n) is 15.2. The number of hydrogen-bond acceptors (Lipinski definition) is 6. The lowest BCUT2D eigenvalue weighted by atomic mass is 10.2. The number of aldehydes is 1. The second-order valence-electron chi connectivity index (χ2n) is 5.58. The van der Waals surface area contributed by atoms with E-state index in [0.29, 0.717) is 41.2 Å². The Labute approximate surface area is 157 Å². The van der Waals surface area contributed by atoms with E-state index >= 15 is 0 Å². The van der Waals surface area contributed by atoms with Crippen molar-refractivity contribution >= 4 is 23.9 Å². The van der Waals surface area contributed by atoms with Crippen LogP contribution >= 0.6 is 0 Å². The molecule has 142 valence electrons. The fourth-order valence-electron chi connectivity index (χ4n) is 2.22. The molecule has 0 aliphatic carbocycles. The SMILES string of the molecule is CCCOC(=O)c1cccc(NC(=O)COc2ccc(C=O)cc2OC)c1. The Balaban J connectivity index is 1.96. The summed E-state index contributed by atoms with van der Waals surface area (Å²) in [7, 11) is 1.44. The third kappa shape index (κ3) is 5.85. The normalized spacial score (nSPS) is 10.0. The minimum absolute atomic E-state index is 0.263. The summed E-state index contributed by atoms with van der Waals surface area (Å²) in [6.45, 7) is 1.99. The molecule has 0 aliphatic rings. The van der Waals surface area contributed by atoms with Crippen LogP contribution in [0.1, 0.15) is 34.1 Å². The third-order valence-electron chi connectivity index (χ3n) is 3.50. The highest BCUT2D eigenvalue weighted by Crippen LogP contribution is 2.27. The van der Waals surface area contributed by atoms with Gasteiger partial charge in [-0.3, -0.25) is 9.59 Å². The highest BCUT2D eigenvalue weighted by Gasteiger charge is 2.11. The standard InChI is InChI=1S/C20H21NO6/c1-3-9-26-20(24)15-5-4-6-16(11-15)21-19(23)13-27-17-8-7-14(12-22)10-18(17)25-2/h4-8,10-12H,3,9,13H2,1-2H3,(H,21,23). The Morgan fingerprint density at radius 1 is 1.11 bits per heavy atom. The minimum Gasteiger partial charge on any atom is -0.493 e. The van der Waals surface area contributed by atoms with Gasteiger partial charge in [-0.1, -0.05) is 13.0 Å². The zero-order chi connectivity index (χ0) is 19.6. The van der Waals surface area contributed by atoms with Crippen LogP contribution in [0.2, 0.25) is 0 Å². The van der Waals surface area contributed by atoms with E-state index in [1.165, 1.54) is 19.2 Å². The molecule has 2 aromatic carbocycles. The van der Waals surface area contributed by atoms with Crippen molar-refractivity contribution in [1.82, 2.24) is 0 Å². The molecule has 0 heterocycles. The zero-order valence-corrected chi connectivity index (χ0v) is 15.2. The summed E-state index contributed by atoms with van der Waals surface area (Å²) in [4.78, 5) is 34.8. The smallest absolute Gasteiger partial charge is 0.338 e. The first-order valence-electron chi connectivity index (χ1n) is 8.40. The van der Waals surface area contributed by atoms with E-state index < -0.39 is 11.9 Å². The van der Waals surface area contributed by atoms with E-state index in [2.05, 4.69) is 5.32 Å². The molecule has 0 atom stereocenters. The number of esters is 1. The van der Waals surface area contributed by atoms with Crippen LogP contribution in [0.15, 0.2) is 42.5 Å². The Morgan fingerprint density at radius 3 is 2.63 bits per heavy atom. The number of carbonyl (C=O) groups excluding carboxylic acids is 3. The lowest BCUT2D eigenvalue weighted by Crippen LogP contribution is -2.20. The number of ether oxygens (including phenoxy) is 3. The molecule has 2 rings (SSSR count). The third-order valence-corrected chi connectivity index (χ3v) is 3.50. The van der Waals surface area contributed by atoms with Crippen molar-refractivity contribution in [3.63, 3.8) is 0 Å². The van der Waals surface area contributed by atoms with Gasteiger partial charge in [-0.15, -0.1) is 0 Å². The van der Waals surface area contributed by atoms with Crippen LogP contribution in [0.3, 0.4) is 0 Å². The Bertz CT molecular complexity index is 818. The average Bonchev–Trinajstić information content (AvgIpc) is 2.70. The van der Waals surface area contributed by atoms with E-state index in [1.807, 2.05) is 6.92 Å². The fourth-order valence-corrected chi connectivity index (χ4v) is 2.22. The van der Waals surface area contributed by atoms with Crippen LogP contribution in [0, 0.1) is 0 Å². The first-order valence-corrected chi connectivity index (χ1v) is 8.40. The molecule has 0 aromatic heterocycles. The first kappa shape index (κ1) is 20.0. The molecule has 27 heavy (non-hydrogen) atoms. The van der Waals surface area contributed by atoms with Crippen molar-refractivity contribution in [1.29, 1.82) is 0 Å². The maximum atomic E-state index is 12.1. The molecule has 0 saturated carbocycles. The van der Waals surface area contributed by atoms with E-state index in [9.17, 15) is 14.4 Å². The molecule has 1 amide bonds. The predicted molar refractivity (Wildman–Crippen MR) is 99.5 cm³/mol. The molecular formula is C20H21NO6. The van der Waals surface area contributed by atoms with Gasteiger partial charge in [-0.05, 0) is 42.8 Å². The molecule has 7 heteroatoms. The number of benzene rings is 2. The van der Waals surface area contributed by atoms with Crippen LogP contribution in [0.4, 0.5) is 5.69 Å². The maximum Gasteiger partial charge on any atom is 0.338 e. The molecule has 0 fully saturated rings. The molecule has 0 radical (unpaired) electrons. The number of carbonyl (C=O) groups is 3. The molecule has 2 aromatic rings. The quantitative estimate of drug-likeness (QED) is 0.538. The van der Waals surface area contributed by atoms with Gasteiger partial charge in [0, 0.05) is 11.3 Å². The molecule has 0 spiro atoms. The number of nitrogens with one attached hydrogen (secondary N) is 1. The number of anilines is 1. The molecule has 1 N–H and O–H groups in total. The molecule has 0 saturated heterocycles. The minimum atomic E-state index is -0.441. The van der Waals surface area contributed by atoms with E-state index in [-0.39, 0.29) is 6.61 Å². The summed E-state index contributed by atoms with van der Waals surface area (Å²) < 4.78 is 15.7. The molecular weight excluding hydrogens is 350 g/mol. The van der Waals surface area contributed by atoms with Gasteiger partial charge >= 0.3 is 5.97 Å². The van der Waals surface area contributed by atoms with Gasteiger partial charge < -0.3 is 19.5 Å². The monoisotopic (exact) mass is 371 g/mol. The van der Waals surface area contributed by atoms with Gasteiger partial charge in [0.1, 0.15) is 6.29 Å². The number of methoxy groups -OCH3 is 1. The summed E-state index contributed by atoms with van der Waals surface area (Å²) in [6.07, 6.45) is 1.42. The number of rotatable bonds is 9. The summed E-state index contributed by atoms with van der Waals surface area (Å²) in [6, 6.07) is 11.1. The lowest BCUT2D eigenvalue weighted by Gasteiger charge is -2.11. The van der Waals surface area contributed by atoms with E-state index in [1.54, 1.807) is 30.3 Å². The second kappa shape index (κ2) is 9.96. The van der Waals surface area contributed by atoms with Crippen molar-refractivity contribution < 1.29 is 28.6 Å². The van der Waals surface area contributed by atoms with Gasteiger partial charge in [-0.25, -0.2) is 4.79 Å². The van der Waals surface area contributed by atoms with Crippen molar-refractivity contribution in [3.05, 3.63) is 53.6 Å². The van der Waals surface area contributed by atoms with Crippen molar-refractivity contribution in [2.45, 2.75) is 13.3 Å². The lowest BCUT2D eigenvalue weighted by molar-refractivity contribution is -0.118. The van der Waals surface area contributed by atoms with Crippen LogP contribution in [-0.4, -0.2) is 38.5 Å². The summed E-state index contributed by atoms with van der Waals surface area (Å²) in [5.41, 5.74) is 1.25. The van der Waals surface area contributed by atoms with E-state index in [4.69, 9.17) is 14.2 Å².